The summed E-state index contributed by atoms with van der Waals surface area (Å²) in [5.41, 5.74) is 0.490. The van der Waals surface area contributed by atoms with Gasteiger partial charge in [0.1, 0.15) is 5.60 Å². The average Bonchev–Trinajstić information content (AvgIpc) is 2.61. The van der Waals surface area contributed by atoms with Gasteiger partial charge in [-0.05, 0) is 20.8 Å². The van der Waals surface area contributed by atoms with E-state index < -0.39 is 5.60 Å². The molecule has 0 unspecified atom stereocenters. The van der Waals surface area contributed by atoms with Crippen LogP contribution < -0.4 is 0 Å². The zero-order valence-corrected chi connectivity index (χ0v) is 9.80. The molecule has 88 valence electrons. The van der Waals surface area contributed by atoms with E-state index in [4.69, 9.17) is 4.74 Å². The number of carbonyl (C=O) groups is 1. The quantitative estimate of drug-likeness (QED) is 0.660. The zero-order chi connectivity index (χ0) is 11.8. The van der Waals surface area contributed by atoms with Gasteiger partial charge in [0.05, 0.1) is 25.0 Å². The lowest BCUT2D eigenvalue weighted by molar-refractivity contribution is 0.0194. The molecule has 6 heteroatoms. The topological polar surface area (TPSA) is 60.2 Å². The third kappa shape index (κ3) is 2.32. The van der Waals surface area contributed by atoms with Gasteiger partial charge in [0.15, 0.2) is 0 Å². The highest BCUT2D eigenvalue weighted by molar-refractivity contribution is 5.68. The Kier molecular flexibility index (Phi) is 2.57. The molecule has 0 radical (unpaired) electrons. The van der Waals surface area contributed by atoms with Gasteiger partial charge in [0.25, 0.3) is 0 Å². The summed E-state index contributed by atoms with van der Waals surface area (Å²) in [5, 5.41) is 7.72. The summed E-state index contributed by atoms with van der Waals surface area (Å²) in [6.45, 7) is 7.39. The van der Waals surface area contributed by atoms with Crippen molar-refractivity contribution in [1.82, 2.24) is 19.9 Å². The maximum Gasteiger partial charge on any atom is 0.410 e. The molecule has 16 heavy (non-hydrogen) atoms. The van der Waals surface area contributed by atoms with Crippen LogP contribution in [-0.2, 0) is 17.8 Å². The van der Waals surface area contributed by atoms with Crippen molar-refractivity contribution in [3.05, 3.63) is 11.9 Å². The van der Waals surface area contributed by atoms with Crippen molar-refractivity contribution >= 4 is 6.09 Å². The first kappa shape index (κ1) is 10.9. The first-order chi connectivity index (χ1) is 7.46. The van der Waals surface area contributed by atoms with Crippen LogP contribution in [0.4, 0.5) is 4.79 Å². The van der Waals surface area contributed by atoms with E-state index in [-0.39, 0.29) is 6.09 Å². The molecule has 0 N–H and O–H groups in total. The van der Waals surface area contributed by atoms with Crippen molar-refractivity contribution < 1.29 is 9.53 Å². The van der Waals surface area contributed by atoms with Crippen molar-refractivity contribution in [2.24, 2.45) is 0 Å². The van der Waals surface area contributed by atoms with E-state index in [1.807, 2.05) is 20.8 Å². The SMILES string of the molecule is CC(C)(C)OC(=O)N1CCn2nncc2C1. The van der Waals surface area contributed by atoms with Gasteiger partial charge >= 0.3 is 6.09 Å². The molecule has 0 aromatic carbocycles. The number of nitrogens with zero attached hydrogens (tertiary/aromatic N) is 4. The van der Waals surface area contributed by atoms with Gasteiger partial charge in [-0.15, -0.1) is 5.10 Å². The maximum absolute atomic E-state index is 11.8. The van der Waals surface area contributed by atoms with Crippen LogP contribution in [0.2, 0.25) is 0 Å². The number of carbonyl (C=O) groups excluding carboxylic acids is 1. The molecule has 0 aliphatic carbocycles. The van der Waals surface area contributed by atoms with E-state index in [0.29, 0.717) is 19.6 Å². The minimum atomic E-state index is -0.451. The lowest BCUT2D eigenvalue weighted by atomic mass is 10.2. The Morgan fingerprint density at radius 1 is 1.44 bits per heavy atom. The third-order valence-electron chi connectivity index (χ3n) is 2.28. The van der Waals surface area contributed by atoms with Crippen LogP contribution in [0.5, 0.6) is 0 Å². The Labute approximate surface area is 94.2 Å². The molecule has 1 aromatic heterocycles. The molecule has 0 saturated carbocycles. The van der Waals surface area contributed by atoms with Crippen LogP contribution in [0.15, 0.2) is 6.20 Å². The smallest absolute Gasteiger partial charge is 0.410 e. The maximum atomic E-state index is 11.8. The van der Waals surface area contributed by atoms with Gasteiger partial charge < -0.3 is 9.64 Å². The number of hydrogen-bond acceptors (Lipinski definition) is 4. The van der Waals surface area contributed by atoms with Gasteiger partial charge in [-0.2, -0.15) is 0 Å². The predicted molar refractivity (Wildman–Crippen MR) is 56.7 cm³/mol. The molecule has 1 aliphatic rings. The van der Waals surface area contributed by atoms with Crippen molar-refractivity contribution in [1.29, 1.82) is 0 Å². The van der Waals surface area contributed by atoms with Crippen LogP contribution in [0.25, 0.3) is 0 Å². The lowest BCUT2D eigenvalue weighted by Crippen LogP contribution is -2.41. The first-order valence-corrected chi connectivity index (χ1v) is 5.31. The summed E-state index contributed by atoms with van der Waals surface area (Å²) in [7, 11) is 0. The van der Waals surface area contributed by atoms with Crippen LogP contribution in [0.3, 0.4) is 0 Å². The standard InChI is InChI=1S/C10H16N4O2/c1-10(2,3)16-9(15)13-4-5-14-8(7-13)6-11-12-14/h6H,4-5,7H2,1-3H3. The molecular weight excluding hydrogens is 208 g/mol. The zero-order valence-electron chi connectivity index (χ0n) is 9.80. The molecule has 6 nitrogen and oxygen atoms in total. The Hall–Kier alpha value is -1.59. The highest BCUT2D eigenvalue weighted by Gasteiger charge is 2.26. The Morgan fingerprint density at radius 2 is 2.19 bits per heavy atom. The van der Waals surface area contributed by atoms with E-state index in [0.717, 1.165) is 5.69 Å². The molecule has 0 fully saturated rings. The average molecular weight is 224 g/mol. The fraction of sp³-hybridized carbons (Fsp3) is 0.700. The monoisotopic (exact) mass is 224 g/mol. The van der Waals surface area contributed by atoms with Crippen LogP contribution in [-0.4, -0.2) is 38.1 Å². The molecule has 0 atom stereocenters. The van der Waals surface area contributed by atoms with E-state index in [1.54, 1.807) is 15.8 Å². The first-order valence-electron chi connectivity index (χ1n) is 5.31. The minimum Gasteiger partial charge on any atom is -0.444 e. The summed E-state index contributed by atoms with van der Waals surface area (Å²) in [4.78, 5) is 13.5. The van der Waals surface area contributed by atoms with E-state index in [2.05, 4.69) is 10.3 Å². The van der Waals surface area contributed by atoms with Gasteiger partial charge in [-0.25, -0.2) is 9.48 Å². The number of amides is 1. The van der Waals surface area contributed by atoms with E-state index in [9.17, 15) is 4.79 Å². The highest BCUT2D eigenvalue weighted by atomic mass is 16.6. The molecule has 1 aliphatic heterocycles. The summed E-state index contributed by atoms with van der Waals surface area (Å²) in [6, 6.07) is 0. The second kappa shape index (κ2) is 3.77. The van der Waals surface area contributed by atoms with Gasteiger partial charge in [0.2, 0.25) is 0 Å². The summed E-state index contributed by atoms with van der Waals surface area (Å²) >= 11 is 0. The molecule has 1 amide bonds. The molecular formula is C10H16N4O2. The molecule has 2 rings (SSSR count). The van der Waals surface area contributed by atoms with Crippen molar-refractivity contribution in [2.45, 2.75) is 39.5 Å². The number of fused-ring (bicyclic) bond motifs is 1. The fourth-order valence-corrected chi connectivity index (χ4v) is 1.56. The number of aromatic nitrogens is 3. The molecule has 1 aromatic rings. The summed E-state index contributed by atoms with van der Waals surface area (Å²) in [5.74, 6) is 0. The molecule has 0 spiro atoms. The van der Waals surface area contributed by atoms with Gasteiger partial charge in [-0.3, -0.25) is 0 Å². The minimum absolute atomic E-state index is 0.278. The fourth-order valence-electron chi connectivity index (χ4n) is 1.56. The molecule has 0 saturated heterocycles. The van der Waals surface area contributed by atoms with E-state index >= 15 is 0 Å². The van der Waals surface area contributed by atoms with Crippen LogP contribution in [0.1, 0.15) is 26.5 Å². The number of ether oxygens (including phenoxy) is 1. The second-order valence-corrected chi connectivity index (χ2v) is 4.85. The van der Waals surface area contributed by atoms with Gasteiger partial charge in [0, 0.05) is 6.54 Å². The van der Waals surface area contributed by atoms with Crippen molar-refractivity contribution in [3.63, 3.8) is 0 Å². The van der Waals surface area contributed by atoms with Crippen LogP contribution >= 0.6 is 0 Å². The van der Waals surface area contributed by atoms with E-state index in [1.165, 1.54) is 0 Å². The number of rotatable bonds is 0. The third-order valence-corrected chi connectivity index (χ3v) is 2.28. The number of hydrogen-bond donors (Lipinski definition) is 0. The Balaban J connectivity index is 2.01. The Morgan fingerprint density at radius 3 is 2.88 bits per heavy atom. The van der Waals surface area contributed by atoms with Crippen molar-refractivity contribution in [2.75, 3.05) is 6.54 Å². The molecule has 0 bridgehead atoms. The van der Waals surface area contributed by atoms with Crippen molar-refractivity contribution in [3.8, 4) is 0 Å². The predicted octanol–water partition coefficient (Wildman–Crippen LogP) is 1.03. The summed E-state index contributed by atoms with van der Waals surface area (Å²) in [6.07, 6.45) is 1.40. The largest absolute Gasteiger partial charge is 0.444 e. The summed E-state index contributed by atoms with van der Waals surface area (Å²) < 4.78 is 7.11. The normalized spacial score (nSPS) is 15.8. The van der Waals surface area contributed by atoms with Crippen LogP contribution in [0, 0.1) is 0 Å². The van der Waals surface area contributed by atoms with Gasteiger partial charge in [-0.1, -0.05) is 5.21 Å². The second-order valence-electron chi connectivity index (χ2n) is 4.85. The lowest BCUT2D eigenvalue weighted by Gasteiger charge is -2.29. The Bertz CT molecular complexity index is 394. The highest BCUT2D eigenvalue weighted by Crippen LogP contribution is 2.14. The molecule has 2 heterocycles.